The molecule has 0 aliphatic heterocycles. The molecule has 0 bridgehead atoms. The van der Waals surface area contributed by atoms with Crippen molar-refractivity contribution in [3.63, 3.8) is 0 Å². The van der Waals surface area contributed by atoms with Gasteiger partial charge >= 0.3 is 5.63 Å². The molecule has 1 amide bonds. The van der Waals surface area contributed by atoms with Crippen molar-refractivity contribution in [1.29, 1.82) is 0 Å². The van der Waals surface area contributed by atoms with Crippen molar-refractivity contribution in [2.45, 2.75) is 19.8 Å². The highest BCUT2D eigenvalue weighted by Crippen LogP contribution is 2.30. The Balaban J connectivity index is 1.93. The SMILES string of the molecule is CCCc1c(-c2ccccc2)c(=O)oc2cc(OCC(=O)NNC(N)=S)ccc12. The van der Waals surface area contributed by atoms with Crippen molar-refractivity contribution in [1.82, 2.24) is 10.9 Å². The topological polar surface area (TPSA) is 107 Å². The molecule has 1 aromatic heterocycles. The summed E-state index contributed by atoms with van der Waals surface area (Å²) in [6.07, 6.45) is 1.62. The molecule has 0 aliphatic carbocycles. The summed E-state index contributed by atoms with van der Waals surface area (Å²) in [5.74, 6) is -0.0496. The molecule has 0 saturated heterocycles. The van der Waals surface area contributed by atoms with Crippen LogP contribution in [-0.4, -0.2) is 17.6 Å². The number of hydrogen-bond acceptors (Lipinski definition) is 5. The van der Waals surface area contributed by atoms with Gasteiger partial charge in [-0.15, -0.1) is 0 Å². The molecule has 0 saturated carbocycles. The van der Waals surface area contributed by atoms with Gasteiger partial charge in [0.25, 0.3) is 5.91 Å². The van der Waals surface area contributed by atoms with Gasteiger partial charge in [-0.25, -0.2) is 4.79 Å². The van der Waals surface area contributed by atoms with E-state index in [4.69, 9.17) is 14.9 Å². The van der Waals surface area contributed by atoms with Gasteiger partial charge in [0, 0.05) is 11.5 Å². The fraction of sp³-hybridized carbons (Fsp3) is 0.190. The van der Waals surface area contributed by atoms with Crippen molar-refractivity contribution in [2.24, 2.45) is 5.73 Å². The Labute approximate surface area is 172 Å². The Bertz CT molecular complexity index is 1100. The van der Waals surface area contributed by atoms with Crippen LogP contribution in [0.25, 0.3) is 22.1 Å². The number of nitrogens with two attached hydrogens (primary N) is 1. The third kappa shape index (κ3) is 4.91. The molecule has 2 aromatic carbocycles. The first-order valence-corrected chi connectivity index (χ1v) is 9.52. The number of rotatable bonds is 6. The summed E-state index contributed by atoms with van der Waals surface area (Å²) < 4.78 is 11.0. The van der Waals surface area contributed by atoms with E-state index in [1.165, 1.54) is 0 Å². The van der Waals surface area contributed by atoms with E-state index in [1.807, 2.05) is 36.4 Å². The van der Waals surface area contributed by atoms with Gasteiger partial charge in [-0.1, -0.05) is 43.7 Å². The highest BCUT2D eigenvalue weighted by Gasteiger charge is 2.16. The number of hydrazine groups is 1. The number of fused-ring (bicyclic) bond motifs is 1. The van der Waals surface area contributed by atoms with E-state index in [-0.39, 0.29) is 11.7 Å². The zero-order valence-corrected chi connectivity index (χ0v) is 16.7. The van der Waals surface area contributed by atoms with Gasteiger partial charge in [0.05, 0.1) is 5.56 Å². The second kappa shape index (κ2) is 9.20. The molecule has 3 rings (SSSR count). The van der Waals surface area contributed by atoms with Crippen LogP contribution in [0.15, 0.2) is 57.7 Å². The van der Waals surface area contributed by atoms with Crippen LogP contribution in [0.3, 0.4) is 0 Å². The molecule has 3 aromatic rings. The molecular weight excluding hydrogens is 390 g/mol. The molecular formula is C21H21N3O4S. The van der Waals surface area contributed by atoms with Crippen molar-refractivity contribution >= 4 is 34.2 Å². The van der Waals surface area contributed by atoms with E-state index in [1.54, 1.807) is 12.1 Å². The largest absolute Gasteiger partial charge is 0.484 e. The molecule has 7 nitrogen and oxygen atoms in total. The van der Waals surface area contributed by atoms with Gasteiger partial charge in [0.1, 0.15) is 11.3 Å². The van der Waals surface area contributed by atoms with Crippen LogP contribution in [0, 0.1) is 0 Å². The van der Waals surface area contributed by atoms with Gasteiger partial charge in [0.2, 0.25) is 0 Å². The zero-order chi connectivity index (χ0) is 20.8. The summed E-state index contributed by atoms with van der Waals surface area (Å²) in [6.45, 7) is 1.81. The lowest BCUT2D eigenvalue weighted by Crippen LogP contribution is -2.46. The van der Waals surface area contributed by atoms with E-state index < -0.39 is 11.5 Å². The number of thiocarbonyl (C=S) groups is 1. The van der Waals surface area contributed by atoms with E-state index in [0.717, 1.165) is 29.4 Å². The van der Waals surface area contributed by atoms with E-state index in [2.05, 4.69) is 30.0 Å². The maximum absolute atomic E-state index is 12.8. The lowest BCUT2D eigenvalue weighted by Gasteiger charge is -2.13. The summed E-state index contributed by atoms with van der Waals surface area (Å²) in [6, 6.07) is 14.7. The first-order chi connectivity index (χ1) is 14.0. The Morgan fingerprint density at radius 3 is 2.62 bits per heavy atom. The maximum atomic E-state index is 12.8. The summed E-state index contributed by atoms with van der Waals surface area (Å²) in [5.41, 5.74) is 12.2. The van der Waals surface area contributed by atoms with Crippen molar-refractivity contribution in [3.05, 3.63) is 64.5 Å². The molecule has 8 heteroatoms. The van der Waals surface area contributed by atoms with Crippen molar-refractivity contribution in [3.8, 4) is 16.9 Å². The predicted octanol–water partition coefficient (Wildman–Crippen LogP) is 2.66. The predicted molar refractivity (Wildman–Crippen MR) is 115 cm³/mol. The second-order valence-electron chi connectivity index (χ2n) is 6.34. The van der Waals surface area contributed by atoms with Gasteiger partial charge < -0.3 is 14.9 Å². The lowest BCUT2D eigenvalue weighted by atomic mass is 9.95. The summed E-state index contributed by atoms with van der Waals surface area (Å²) in [5, 5.41) is 0.792. The third-order valence-corrected chi connectivity index (χ3v) is 4.35. The minimum Gasteiger partial charge on any atom is -0.484 e. The summed E-state index contributed by atoms with van der Waals surface area (Å²) in [7, 11) is 0. The monoisotopic (exact) mass is 411 g/mol. The standard InChI is InChI=1S/C21H21N3O4S/c1-2-6-16-15-10-9-14(27-12-18(25)23-24-21(22)29)11-17(15)28-20(26)19(16)13-7-4-3-5-8-13/h3-5,7-11H,2,6,12H2,1H3,(H,23,25)(H3,22,24,29). The van der Waals surface area contributed by atoms with Crippen LogP contribution in [-0.2, 0) is 11.2 Å². The smallest absolute Gasteiger partial charge is 0.344 e. The molecule has 1 heterocycles. The van der Waals surface area contributed by atoms with Crippen molar-refractivity contribution in [2.75, 3.05) is 6.61 Å². The number of carbonyl (C=O) groups excluding carboxylic acids is 1. The van der Waals surface area contributed by atoms with Gasteiger partial charge in [-0.05, 0) is 41.9 Å². The second-order valence-corrected chi connectivity index (χ2v) is 6.78. The summed E-state index contributed by atoms with van der Waals surface area (Å²) >= 11 is 4.61. The molecule has 0 atom stereocenters. The lowest BCUT2D eigenvalue weighted by molar-refractivity contribution is -0.123. The minimum absolute atomic E-state index is 0.0523. The average molecular weight is 411 g/mol. The van der Waals surface area contributed by atoms with Crippen molar-refractivity contribution < 1.29 is 13.9 Å². The number of hydrogen-bond donors (Lipinski definition) is 3. The van der Waals surface area contributed by atoms with Gasteiger partial charge in [0.15, 0.2) is 11.7 Å². The van der Waals surface area contributed by atoms with Crippen LogP contribution >= 0.6 is 12.2 Å². The van der Waals surface area contributed by atoms with Crippen LogP contribution in [0.5, 0.6) is 5.75 Å². The number of nitrogens with one attached hydrogen (secondary N) is 2. The average Bonchev–Trinajstić information content (AvgIpc) is 2.71. The fourth-order valence-corrected chi connectivity index (χ4v) is 3.11. The molecule has 0 unspecified atom stereocenters. The Hall–Kier alpha value is -3.39. The van der Waals surface area contributed by atoms with E-state index in [9.17, 15) is 9.59 Å². The number of ether oxygens (including phenoxy) is 1. The molecule has 0 spiro atoms. The molecule has 0 radical (unpaired) electrons. The quantitative estimate of drug-likeness (QED) is 0.325. The number of amides is 1. The van der Waals surface area contributed by atoms with E-state index in [0.29, 0.717) is 16.9 Å². The van der Waals surface area contributed by atoms with Gasteiger partial charge in [-0.3, -0.25) is 15.6 Å². The van der Waals surface area contributed by atoms with Gasteiger partial charge in [-0.2, -0.15) is 0 Å². The number of carbonyl (C=O) groups is 1. The summed E-state index contributed by atoms with van der Waals surface area (Å²) in [4.78, 5) is 24.4. The van der Waals surface area contributed by atoms with Crippen LogP contribution < -0.4 is 26.9 Å². The third-order valence-electron chi connectivity index (χ3n) is 4.24. The number of benzene rings is 2. The zero-order valence-electron chi connectivity index (χ0n) is 15.9. The molecule has 0 fully saturated rings. The minimum atomic E-state index is -0.453. The fourth-order valence-electron chi connectivity index (χ4n) is 3.06. The Kier molecular flexibility index (Phi) is 6.46. The van der Waals surface area contributed by atoms with Crippen LogP contribution in [0.4, 0.5) is 0 Å². The van der Waals surface area contributed by atoms with Crippen LogP contribution in [0.1, 0.15) is 18.9 Å². The Morgan fingerprint density at radius 1 is 1.17 bits per heavy atom. The van der Waals surface area contributed by atoms with Crippen LogP contribution in [0.2, 0.25) is 0 Å². The first-order valence-electron chi connectivity index (χ1n) is 9.12. The molecule has 29 heavy (non-hydrogen) atoms. The first kappa shape index (κ1) is 20.3. The normalized spacial score (nSPS) is 10.5. The number of aryl methyl sites for hydroxylation is 1. The highest BCUT2D eigenvalue weighted by molar-refractivity contribution is 7.80. The maximum Gasteiger partial charge on any atom is 0.344 e. The van der Waals surface area contributed by atoms with E-state index >= 15 is 0 Å². The Morgan fingerprint density at radius 2 is 1.93 bits per heavy atom. The highest BCUT2D eigenvalue weighted by atomic mass is 32.1. The molecule has 150 valence electrons. The molecule has 0 aliphatic rings. The molecule has 4 N–H and O–H groups in total.